The van der Waals surface area contributed by atoms with E-state index in [-0.39, 0.29) is 5.91 Å². The molecule has 1 saturated carbocycles. The summed E-state index contributed by atoms with van der Waals surface area (Å²) in [6, 6.07) is 9.79. The van der Waals surface area contributed by atoms with Gasteiger partial charge in [-0.05, 0) is 43.2 Å². The Kier molecular flexibility index (Phi) is 3.00. The summed E-state index contributed by atoms with van der Waals surface area (Å²) in [5.74, 6) is 0.641. The number of nitrogens with zero attached hydrogens (tertiary/aromatic N) is 2. The standard InChI is InChI=1S/C16H15N5O/c22-16(11-2-6-15(17-8-11)19-12-4-5-12)20-13-3-1-10-9-18-21-14(10)7-13/h1-3,6-9,12H,4-5H2,(H,17,19)(H,18,21)(H,20,22). The van der Waals surface area contributed by atoms with E-state index in [9.17, 15) is 4.79 Å². The van der Waals surface area contributed by atoms with Crippen LogP contribution in [-0.4, -0.2) is 27.1 Å². The molecule has 110 valence electrons. The van der Waals surface area contributed by atoms with Crippen LogP contribution in [0.25, 0.3) is 10.9 Å². The number of pyridine rings is 1. The zero-order chi connectivity index (χ0) is 14.9. The minimum absolute atomic E-state index is 0.177. The van der Waals surface area contributed by atoms with Crippen LogP contribution in [0.1, 0.15) is 23.2 Å². The molecule has 0 spiro atoms. The van der Waals surface area contributed by atoms with E-state index in [2.05, 4.69) is 25.8 Å². The van der Waals surface area contributed by atoms with Crippen LogP contribution >= 0.6 is 0 Å². The molecule has 6 nitrogen and oxygen atoms in total. The molecule has 1 amide bonds. The fourth-order valence-corrected chi connectivity index (χ4v) is 2.27. The van der Waals surface area contributed by atoms with Gasteiger partial charge in [0.25, 0.3) is 5.91 Å². The number of rotatable bonds is 4. The molecule has 22 heavy (non-hydrogen) atoms. The van der Waals surface area contributed by atoms with E-state index < -0.39 is 0 Å². The first-order valence-corrected chi connectivity index (χ1v) is 7.25. The number of aromatic nitrogens is 3. The topological polar surface area (TPSA) is 82.7 Å². The van der Waals surface area contributed by atoms with E-state index in [1.807, 2.05) is 24.3 Å². The third kappa shape index (κ3) is 2.63. The van der Waals surface area contributed by atoms with Gasteiger partial charge in [0.05, 0.1) is 17.3 Å². The number of fused-ring (bicyclic) bond motifs is 1. The summed E-state index contributed by atoms with van der Waals surface area (Å²) in [6.07, 6.45) is 5.73. The molecule has 6 heteroatoms. The number of amides is 1. The maximum absolute atomic E-state index is 12.2. The Morgan fingerprint density at radius 2 is 2.09 bits per heavy atom. The van der Waals surface area contributed by atoms with Crippen LogP contribution in [0.4, 0.5) is 11.5 Å². The molecule has 0 aliphatic heterocycles. The van der Waals surface area contributed by atoms with Gasteiger partial charge < -0.3 is 10.6 Å². The number of aromatic amines is 1. The van der Waals surface area contributed by atoms with Crippen molar-refractivity contribution in [2.24, 2.45) is 0 Å². The number of benzene rings is 1. The molecule has 0 unspecified atom stereocenters. The van der Waals surface area contributed by atoms with E-state index in [1.165, 1.54) is 12.8 Å². The summed E-state index contributed by atoms with van der Waals surface area (Å²) in [4.78, 5) is 16.5. The highest BCUT2D eigenvalue weighted by Gasteiger charge is 2.21. The van der Waals surface area contributed by atoms with Crippen LogP contribution in [-0.2, 0) is 0 Å². The summed E-state index contributed by atoms with van der Waals surface area (Å²) < 4.78 is 0. The smallest absolute Gasteiger partial charge is 0.257 e. The van der Waals surface area contributed by atoms with Gasteiger partial charge in [0, 0.05) is 23.3 Å². The fourth-order valence-electron chi connectivity index (χ4n) is 2.27. The van der Waals surface area contributed by atoms with Crippen LogP contribution in [0, 0.1) is 0 Å². The Labute approximate surface area is 127 Å². The van der Waals surface area contributed by atoms with E-state index in [0.717, 1.165) is 22.4 Å². The number of anilines is 2. The maximum atomic E-state index is 12.2. The number of H-pyrrole nitrogens is 1. The van der Waals surface area contributed by atoms with Crippen molar-refractivity contribution in [1.82, 2.24) is 15.2 Å². The maximum Gasteiger partial charge on any atom is 0.257 e. The second kappa shape index (κ2) is 5.14. The highest BCUT2D eigenvalue weighted by molar-refractivity contribution is 6.04. The summed E-state index contributed by atoms with van der Waals surface area (Å²) in [5.41, 5.74) is 2.15. The Balaban J connectivity index is 1.48. The van der Waals surface area contributed by atoms with Crippen molar-refractivity contribution < 1.29 is 4.79 Å². The minimum Gasteiger partial charge on any atom is -0.367 e. The van der Waals surface area contributed by atoms with Gasteiger partial charge in [-0.25, -0.2) is 4.98 Å². The van der Waals surface area contributed by atoms with Gasteiger partial charge in [-0.2, -0.15) is 5.10 Å². The van der Waals surface area contributed by atoms with E-state index in [0.29, 0.717) is 11.6 Å². The molecule has 0 bridgehead atoms. The molecule has 1 aliphatic carbocycles. The van der Waals surface area contributed by atoms with Crippen molar-refractivity contribution >= 4 is 28.3 Å². The largest absolute Gasteiger partial charge is 0.367 e. The van der Waals surface area contributed by atoms with Gasteiger partial charge in [0.15, 0.2) is 0 Å². The van der Waals surface area contributed by atoms with E-state index >= 15 is 0 Å². The molecule has 3 aromatic rings. The summed E-state index contributed by atoms with van der Waals surface area (Å²) >= 11 is 0. The predicted molar refractivity (Wildman–Crippen MR) is 84.9 cm³/mol. The molecular weight excluding hydrogens is 278 g/mol. The van der Waals surface area contributed by atoms with Crippen LogP contribution in [0.3, 0.4) is 0 Å². The third-order valence-corrected chi connectivity index (χ3v) is 3.65. The molecule has 0 atom stereocenters. The van der Waals surface area contributed by atoms with Crippen molar-refractivity contribution in [3.05, 3.63) is 48.3 Å². The SMILES string of the molecule is O=C(Nc1ccc2cn[nH]c2c1)c1ccc(NC2CC2)nc1. The second-order valence-corrected chi connectivity index (χ2v) is 5.48. The molecule has 4 rings (SSSR count). The molecule has 1 fully saturated rings. The minimum atomic E-state index is -0.177. The van der Waals surface area contributed by atoms with Gasteiger partial charge in [-0.3, -0.25) is 9.89 Å². The number of carbonyl (C=O) groups is 1. The van der Waals surface area contributed by atoms with Crippen molar-refractivity contribution in [3.63, 3.8) is 0 Å². The average molecular weight is 293 g/mol. The zero-order valence-electron chi connectivity index (χ0n) is 11.8. The predicted octanol–water partition coefficient (Wildman–Crippen LogP) is 2.78. The summed E-state index contributed by atoms with van der Waals surface area (Å²) in [6.45, 7) is 0. The molecular formula is C16H15N5O. The zero-order valence-corrected chi connectivity index (χ0v) is 11.8. The lowest BCUT2D eigenvalue weighted by Gasteiger charge is -2.07. The first-order valence-electron chi connectivity index (χ1n) is 7.25. The second-order valence-electron chi connectivity index (χ2n) is 5.48. The van der Waals surface area contributed by atoms with Crippen LogP contribution < -0.4 is 10.6 Å². The molecule has 3 N–H and O–H groups in total. The average Bonchev–Trinajstić information content (AvgIpc) is 3.22. The Morgan fingerprint density at radius 1 is 1.18 bits per heavy atom. The third-order valence-electron chi connectivity index (χ3n) is 3.65. The van der Waals surface area contributed by atoms with Crippen LogP contribution in [0.15, 0.2) is 42.7 Å². The Hall–Kier alpha value is -2.89. The molecule has 2 aromatic heterocycles. The van der Waals surface area contributed by atoms with E-state index in [1.54, 1.807) is 18.5 Å². The van der Waals surface area contributed by atoms with Gasteiger partial charge in [-0.15, -0.1) is 0 Å². The Morgan fingerprint density at radius 3 is 2.86 bits per heavy atom. The number of nitrogens with one attached hydrogen (secondary N) is 3. The highest BCUT2D eigenvalue weighted by atomic mass is 16.1. The van der Waals surface area contributed by atoms with E-state index in [4.69, 9.17) is 0 Å². The fraction of sp³-hybridized carbons (Fsp3) is 0.188. The summed E-state index contributed by atoms with van der Waals surface area (Å²) in [7, 11) is 0. The first-order chi connectivity index (χ1) is 10.8. The number of hydrogen-bond donors (Lipinski definition) is 3. The Bertz CT molecular complexity index is 820. The first kappa shape index (κ1) is 12.8. The van der Waals surface area contributed by atoms with Crippen molar-refractivity contribution in [1.29, 1.82) is 0 Å². The molecule has 1 aliphatic rings. The van der Waals surface area contributed by atoms with Crippen LogP contribution in [0.2, 0.25) is 0 Å². The van der Waals surface area contributed by atoms with Crippen molar-refractivity contribution in [2.75, 3.05) is 10.6 Å². The van der Waals surface area contributed by atoms with Crippen molar-refractivity contribution in [2.45, 2.75) is 18.9 Å². The lowest BCUT2D eigenvalue weighted by Crippen LogP contribution is -2.12. The molecule has 2 heterocycles. The van der Waals surface area contributed by atoms with Gasteiger partial charge in [0.1, 0.15) is 5.82 Å². The number of hydrogen-bond acceptors (Lipinski definition) is 4. The quantitative estimate of drug-likeness (QED) is 0.690. The van der Waals surface area contributed by atoms with Crippen LogP contribution in [0.5, 0.6) is 0 Å². The normalized spacial score (nSPS) is 14.0. The highest BCUT2D eigenvalue weighted by Crippen LogP contribution is 2.23. The monoisotopic (exact) mass is 293 g/mol. The molecule has 1 aromatic carbocycles. The van der Waals surface area contributed by atoms with Crippen molar-refractivity contribution in [3.8, 4) is 0 Å². The van der Waals surface area contributed by atoms with Gasteiger partial charge in [0.2, 0.25) is 0 Å². The molecule has 0 saturated heterocycles. The lowest BCUT2D eigenvalue weighted by atomic mass is 10.2. The lowest BCUT2D eigenvalue weighted by molar-refractivity contribution is 0.102. The molecule has 0 radical (unpaired) electrons. The van der Waals surface area contributed by atoms with Gasteiger partial charge in [-0.1, -0.05) is 0 Å². The number of carbonyl (C=O) groups excluding carboxylic acids is 1. The summed E-state index contributed by atoms with van der Waals surface area (Å²) in [5, 5.41) is 14.0. The van der Waals surface area contributed by atoms with Gasteiger partial charge >= 0.3 is 0 Å².